The van der Waals surface area contributed by atoms with E-state index in [-0.39, 0.29) is 51.0 Å². The zero-order valence-electron chi connectivity index (χ0n) is 17.2. The summed E-state index contributed by atoms with van der Waals surface area (Å²) >= 11 is 0. The molecule has 0 nitrogen and oxygen atoms in total. The second-order valence-electron chi connectivity index (χ2n) is 7.05. The van der Waals surface area contributed by atoms with Gasteiger partial charge in [-0.1, -0.05) is 61.9 Å². The molecular formula is C27H24Cl2Zr. The SMILES string of the molecule is CCc1cc2c(-c3ccccc3)cccc2[cH-]1.Cc1cc2ccccc2[cH-]1.[Cl-].[Cl-].[Zr+4]. The van der Waals surface area contributed by atoms with Crippen LogP contribution in [0.5, 0.6) is 0 Å². The van der Waals surface area contributed by atoms with Gasteiger partial charge in [-0.2, -0.15) is 12.1 Å². The predicted octanol–water partition coefficient (Wildman–Crippen LogP) is 1.66. The van der Waals surface area contributed by atoms with Crippen LogP contribution in [0.15, 0.2) is 97.1 Å². The van der Waals surface area contributed by atoms with Crippen LogP contribution in [0.4, 0.5) is 0 Å². The summed E-state index contributed by atoms with van der Waals surface area (Å²) in [4.78, 5) is 0. The van der Waals surface area contributed by atoms with Gasteiger partial charge in [0, 0.05) is 0 Å². The van der Waals surface area contributed by atoms with Gasteiger partial charge < -0.3 is 24.8 Å². The molecule has 0 spiro atoms. The fraction of sp³-hybridized carbons (Fsp3) is 0.111. The van der Waals surface area contributed by atoms with E-state index in [1.165, 1.54) is 43.8 Å². The summed E-state index contributed by atoms with van der Waals surface area (Å²) < 4.78 is 0. The van der Waals surface area contributed by atoms with E-state index in [9.17, 15) is 0 Å². The molecule has 0 atom stereocenters. The third-order valence-electron chi connectivity index (χ3n) is 5.07. The average molecular weight is 511 g/mol. The molecule has 150 valence electrons. The van der Waals surface area contributed by atoms with E-state index >= 15 is 0 Å². The molecule has 0 bridgehead atoms. The second-order valence-corrected chi connectivity index (χ2v) is 7.05. The predicted molar refractivity (Wildman–Crippen MR) is 119 cm³/mol. The van der Waals surface area contributed by atoms with Crippen LogP contribution < -0.4 is 24.8 Å². The van der Waals surface area contributed by atoms with Crippen LogP contribution in [0.25, 0.3) is 32.7 Å². The molecule has 5 aromatic rings. The molecule has 5 rings (SSSR count). The Kier molecular flexibility index (Phi) is 10.8. The Balaban J connectivity index is 0.000000302. The maximum atomic E-state index is 2.32. The van der Waals surface area contributed by atoms with Crippen molar-refractivity contribution in [2.24, 2.45) is 0 Å². The van der Waals surface area contributed by atoms with E-state index in [0.29, 0.717) is 0 Å². The fourth-order valence-corrected chi connectivity index (χ4v) is 3.68. The number of rotatable bonds is 2. The number of aryl methyl sites for hydroxylation is 2. The Hall–Kier alpha value is -1.66. The maximum absolute atomic E-state index is 2.32. The normalized spacial score (nSPS) is 9.67. The van der Waals surface area contributed by atoms with Crippen LogP contribution in [-0.4, -0.2) is 0 Å². The second kappa shape index (κ2) is 12.3. The minimum Gasteiger partial charge on any atom is -1.00 e. The van der Waals surface area contributed by atoms with Crippen molar-refractivity contribution in [1.82, 2.24) is 0 Å². The maximum Gasteiger partial charge on any atom is 4.00 e. The quantitative estimate of drug-likeness (QED) is 0.317. The molecule has 5 aromatic carbocycles. The molecule has 0 aliphatic heterocycles. The van der Waals surface area contributed by atoms with Crippen molar-refractivity contribution in [2.45, 2.75) is 20.3 Å². The number of halogens is 2. The monoisotopic (exact) mass is 508 g/mol. The molecule has 0 aliphatic carbocycles. The molecule has 3 heteroatoms. The summed E-state index contributed by atoms with van der Waals surface area (Å²) in [6.07, 6.45) is 1.10. The van der Waals surface area contributed by atoms with Crippen LogP contribution >= 0.6 is 0 Å². The van der Waals surface area contributed by atoms with Crippen LogP contribution in [0.1, 0.15) is 18.1 Å². The molecule has 0 amide bonds. The first-order valence-electron chi connectivity index (χ1n) is 9.60. The number of fused-ring (bicyclic) bond motifs is 2. The van der Waals surface area contributed by atoms with E-state index in [1.54, 1.807) is 0 Å². The standard InChI is InChI=1S/C17H15.C10H9.2ClH.Zr/c1-2-13-11-15-9-6-10-16(17(15)12-13)14-7-4-3-5-8-14;1-8-6-9-4-2-3-5-10(9)7-8;;;/h3-12H,2H2,1H3;2-7H,1H3;2*1H;/q2*-1;;;+4/p-2. The van der Waals surface area contributed by atoms with Crippen molar-refractivity contribution in [3.63, 3.8) is 0 Å². The molecule has 0 aliphatic rings. The summed E-state index contributed by atoms with van der Waals surface area (Å²) in [7, 11) is 0. The molecule has 0 N–H and O–H groups in total. The van der Waals surface area contributed by atoms with Crippen molar-refractivity contribution in [3.05, 3.63) is 108 Å². The van der Waals surface area contributed by atoms with Crippen LogP contribution in [0.2, 0.25) is 0 Å². The number of hydrogen-bond donors (Lipinski definition) is 0. The van der Waals surface area contributed by atoms with E-state index in [4.69, 9.17) is 0 Å². The zero-order valence-corrected chi connectivity index (χ0v) is 21.2. The van der Waals surface area contributed by atoms with Crippen molar-refractivity contribution in [1.29, 1.82) is 0 Å². The molecule has 0 saturated carbocycles. The third kappa shape index (κ3) is 5.95. The van der Waals surface area contributed by atoms with Crippen LogP contribution in [0, 0.1) is 6.92 Å². The number of hydrogen-bond acceptors (Lipinski definition) is 0. The van der Waals surface area contributed by atoms with Crippen molar-refractivity contribution in [3.8, 4) is 11.1 Å². The Labute approximate surface area is 211 Å². The molecular weight excluding hydrogens is 486 g/mol. The zero-order chi connectivity index (χ0) is 18.6. The smallest absolute Gasteiger partial charge is 1.00 e. The molecule has 0 radical (unpaired) electrons. The summed E-state index contributed by atoms with van der Waals surface area (Å²) in [5, 5.41) is 5.42. The van der Waals surface area contributed by atoms with E-state index < -0.39 is 0 Å². The Bertz CT molecular complexity index is 1140. The fourth-order valence-electron chi connectivity index (χ4n) is 3.68. The van der Waals surface area contributed by atoms with Gasteiger partial charge in [0.2, 0.25) is 0 Å². The van der Waals surface area contributed by atoms with Gasteiger partial charge in [0.25, 0.3) is 0 Å². The molecule has 0 unspecified atom stereocenters. The van der Waals surface area contributed by atoms with Gasteiger partial charge in [-0.25, -0.2) is 0 Å². The van der Waals surface area contributed by atoms with Crippen molar-refractivity contribution in [2.75, 3.05) is 0 Å². The van der Waals surface area contributed by atoms with Gasteiger partial charge >= 0.3 is 26.2 Å². The molecule has 0 aromatic heterocycles. The minimum atomic E-state index is 0. The molecule has 0 fully saturated rings. The van der Waals surface area contributed by atoms with E-state index in [1.807, 2.05) is 0 Å². The van der Waals surface area contributed by atoms with Crippen LogP contribution in [0.3, 0.4) is 0 Å². The summed E-state index contributed by atoms with van der Waals surface area (Å²) in [6.45, 7) is 4.33. The Morgan fingerprint density at radius 1 is 0.700 bits per heavy atom. The Morgan fingerprint density at radius 3 is 2.07 bits per heavy atom. The summed E-state index contributed by atoms with van der Waals surface area (Å²) in [6, 6.07) is 34.6. The van der Waals surface area contributed by atoms with Crippen LogP contribution in [-0.2, 0) is 32.6 Å². The van der Waals surface area contributed by atoms with Gasteiger partial charge in [-0.05, 0) is 12.0 Å². The summed E-state index contributed by atoms with van der Waals surface area (Å²) in [5.41, 5.74) is 5.40. The largest absolute Gasteiger partial charge is 4.00 e. The van der Waals surface area contributed by atoms with Gasteiger partial charge in [0.1, 0.15) is 0 Å². The van der Waals surface area contributed by atoms with Gasteiger partial charge in [-0.3, -0.25) is 0 Å². The van der Waals surface area contributed by atoms with Gasteiger partial charge in [0.05, 0.1) is 0 Å². The van der Waals surface area contributed by atoms with Gasteiger partial charge in [-0.15, -0.1) is 75.1 Å². The first kappa shape index (κ1) is 26.4. The molecule has 0 heterocycles. The third-order valence-corrected chi connectivity index (χ3v) is 5.07. The van der Waals surface area contributed by atoms with Gasteiger partial charge in [0.15, 0.2) is 0 Å². The first-order chi connectivity index (χ1) is 13.2. The van der Waals surface area contributed by atoms with E-state index in [0.717, 1.165) is 6.42 Å². The average Bonchev–Trinajstić information content (AvgIpc) is 3.30. The minimum absolute atomic E-state index is 0. The van der Waals surface area contributed by atoms with Crippen molar-refractivity contribution < 1.29 is 51.0 Å². The Morgan fingerprint density at radius 2 is 1.37 bits per heavy atom. The first-order valence-corrected chi connectivity index (χ1v) is 9.60. The van der Waals surface area contributed by atoms with E-state index in [2.05, 4.69) is 111 Å². The topological polar surface area (TPSA) is 0 Å². The van der Waals surface area contributed by atoms with Crippen molar-refractivity contribution >= 4 is 21.5 Å². The molecule has 30 heavy (non-hydrogen) atoms. The molecule has 0 saturated heterocycles. The number of benzene rings is 3. The summed E-state index contributed by atoms with van der Waals surface area (Å²) in [5.74, 6) is 0.